The second-order valence-corrected chi connectivity index (χ2v) is 5.60. The molecule has 1 atom stereocenters. The number of nitrogens with one attached hydrogen (secondary N) is 1. The van der Waals surface area contributed by atoms with Gasteiger partial charge in [-0.25, -0.2) is 4.79 Å². The van der Waals surface area contributed by atoms with E-state index in [1.54, 1.807) is 0 Å². The van der Waals surface area contributed by atoms with Crippen LogP contribution in [0.2, 0.25) is 0 Å². The van der Waals surface area contributed by atoms with Gasteiger partial charge in [0.15, 0.2) is 5.78 Å². The third-order valence-corrected chi connectivity index (χ3v) is 3.25. The van der Waals surface area contributed by atoms with Crippen molar-refractivity contribution in [2.24, 2.45) is 0 Å². The van der Waals surface area contributed by atoms with Gasteiger partial charge in [0.25, 0.3) is 0 Å². The molecule has 0 aliphatic carbocycles. The summed E-state index contributed by atoms with van der Waals surface area (Å²) in [6, 6.07) is 8.98. The van der Waals surface area contributed by atoms with Crippen molar-refractivity contribution >= 4 is 11.9 Å². The van der Waals surface area contributed by atoms with Crippen LogP contribution < -0.4 is 5.32 Å². The van der Waals surface area contributed by atoms with Crippen LogP contribution in [-0.2, 0) is 16.1 Å². The first kappa shape index (κ1) is 15.5. The Morgan fingerprint density at radius 3 is 2.71 bits per heavy atom. The molecule has 1 radical (unpaired) electrons. The molecule has 1 N–H and O–H groups in total. The van der Waals surface area contributed by atoms with Gasteiger partial charge in [0, 0.05) is 13.1 Å². The fourth-order valence-electron chi connectivity index (χ4n) is 2.36. The van der Waals surface area contributed by atoms with Gasteiger partial charge < -0.3 is 10.1 Å². The number of nitrogens with zero attached hydrogens (tertiary/aromatic N) is 1. The summed E-state index contributed by atoms with van der Waals surface area (Å²) in [5.74, 6) is 1.28. The van der Waals surface area contributed by atoms with E-state index in [9.17, 15) is 9.59 Å². The highest BCUT2D eigenvalue weighted by molar-refractivity contribution is 5.91. The number of hydrogen-bond donors (Lipinski definition) is 1. The SMILES string of the molecule is C[C](C)CN1CC(=O)[C@@H](NC(=O)OCc2ccccc2)C1. The quantitative estimate of drug-likeness (QED) is 0.897. The van der Waals surface area contributed by atoms with E-state index in [4.69, 9.17) is 4.74 Å². The topological polar surface area (TPSA) is 58.6 Å². The molecule has 21 heavy (non-hydrogen) atoms. The van der Waals surface area contributed by atoms with E-state index in [1.807, 2.05) is 49.1 Å². The third-order valence-electron chi connectivity index (χ3n) is 3.25. The van der Waals surface area contributed by atoms with E-state index >= 15 is 0 Å². The van der Waals surface area contributed by atoms with Crippen molar-refractivity contribution in [2.75, 3.05) is 19.6 Å². The molecular formula is C16H21N2O3. The van der Waals surface area contributed by atoms with E-state index in [1.165, 1.54) is 5.92 Å². The summed E-state index contributed by atoms with van der Waals surface area (Å²) in [5, 5.41) is 2.64. The van der Waals surface area contributed by atoms with Gasteiger partial charge in [-0.05, 0) is 11.5 Å². The maximum absolute atomic E-state index is 11.9. The van der Waals surface area contributed by atoms with Crippen LogP contribution in [0.5, 0.6) is 0 Å². The van der Waals surface area contributed by atoms with Crippen LogP contribution in [0.25, 0.3) is 0 Å². The fraction of sp³-hybridized carbons (Fsp3) is 0.438. The number of ether oxygens (including phenoxy) is 1. The first-order valence-electron chi connectivity index (χ1n) is 7.06. The largest absolute Gasteiger partial charge is 0.445 e. The molecule has 2 rings (SSSR count). The molecule has 1 aromatic rings. The van der Waals surface area contributed by atoms with Gasteiger partial charge in [-0.1, -0.05) is 44.2 Å². The van der Waals surface area contributed by atoms with Crippen LogP contribution in [0.3, 0.4) is 0 Å². The zero-order valence-corrected chi connectivity index (χ0v) is 12.5. The van der Waals surface area contributed by atoms with E-state index in [0.717, 1.165) is 12.1 Å². The van der Waals surface area contributed by atoms with E-state index in [0.29, 0.717) is 13.1 Å². The average molecular weight is 289 g/mol. The third kappa shape index (κ3) is 4.86. The Kier molecular flexibility index (Phi) is 5.33. The molecule has 5 nitrogen and oxygen atoms in total. The average Bonchev–Trinajstić information content (AvgIpc) is 2.76. The number of carbonyl (C=O) groups excluding carboxylic acids is 2. The molecule has 1 fully saturated rings. The summed E-state index contributed by atoms with van der Waals surface area (Å²) in [6.07, 6.45) is -0.545. The fourth-order valence-corrected chi connectivity index (χ4v) is 2.36. The number of alkyl carbamates (subject to hydrolysis) is 1. The van der Waals surface area contributed by atoms with Crippen molar-refractivity contribution < 1.29 is 14.3 Å². The first-order chi connectivity index (χ1) is 10.0. The minimum Gasteiger partial charge on any atom is -0.445 e. The first-order valence-corrected chi connectivity index (χ1v) is 7.06. The van der Waals surface area contributed by atoms with E-state index < -0.39 is 12.1 Å². The molecule has 1 aliphatic heterocycles. The summed E-state index contributed by atoms with van der Waals surface area (Å²) < 4.78 is 5.13. The highest BCUT2D eigenvalue weighted by Crippen LogP contribution is 2.10. The van der Waals surface area contributed by atoms with Crippen LogP contribution in [0.4, 0.5) is 4.79 Å². The van der Waals surface area contributed by atoms with Crippen LogP contribution >= 0.6 is 0 Å². The number of likely N-dealkylation sites (tertiary alicyclic amines) is 1. The Hall–Kier alpha value is -1.88. The summed E-state index contributed by atoms with van der Waals surface area (Å²) in [6.45, 7) is 5.97. The molecule has 1 saturated heterocycles. The molecule has 1 aromatic carbocycles. The van der Waals surface area contributed by atoms with E-state index in [-0.39, 0.29) is 12.4 Å². The maximum atomic E-state index is 11.9. The molecule has 1 heterocycles. The molecule has 0 bridgehead atoms. The summed E-state index contributed by atoms with van der Waals surface area (Å²) in [4.78, 5) is 25.6. The van der Waals surface area contributed by atoms with Crippen molar-refractivity contribution in [3.8, 4) is 0 Å². The number of benzene rings is 1. The molecular weight excluding hydrogens is 268 g/mol. The Morgan fingerprint density at radius 2 is 2.05 bits per heavy atom. The minimum atomic E-state index is -0.545. The zero-order valence-electron chi connectivity index (χ0n) is 12.5. The van der Waals surface area contributed by atoms with E-state index in [2.05, 4.69) is 5.32 Å². The number of carbonyl (C=O) groups is 2. The standard InChI is InChI=1S/C16H21N2O3/c1-12(2)8-18-9-14(15(19)10-18)17-16(20)21-11-13-6-4-3-5-7-13/h3-7,14H,8-11H2,1-2H3,(H,17,20)/t14-/m0/s1. The zero-order chi connectivity index (χ0) is 15.2. The number of amides is 1. The van der Waals surface area contributed by atoms with Crippen molar-refractivity contribution in [1.29, 1.82) is 0 Å². The van der Waals surface area contributed by atoms with Crippen LogP contribution in [-0.4, -0.2) is 42.5 Å². The van der Waals surface area contributed by atoms with Crippen molar-refractivity contribution in [2.45, 2.75) is 26.5 Å². The normalized spacial score (nSPS) is 19.0. The Labute approximate surface area is 125 Å². The van der Waals surface area contributed by atoms with Crippen LogP contribution in [0.15, 0.2) is 30.3 Å². The molecule has 0 aromatic heterocycles. The van der Waals surface area contributed by atoms with Crippen LogP contribution in [0.1, 0.15) is 19.4 Å². The minimum absolute atomic E-state index is 0.0351. The Bertz CT molecular complexity index is 488. The molecule has 113 valence electrons. The van der Waals surface area contributed by atoms with Gasteiger partial charge in [0.1, 0.15) is 12.6 Å². The molecule has 0 saturated carbocycles. The lowest BCUT2D eigenvalue weighted by molar-refractivity contribution is -0.118. The Morgan fingerprint density at radius 1 is 1.33 bits per heavy atom. The summed E-state index contributed by atoms with van der Waals surface area (Å²) >= 11 is 0. The number of Topliss-reactive ketones (excluding diaryl/α,β-unsaturated/α-hetero) is 1. The predicted octanol–water partition coefficient (Wildman–Crippen LogP) is 1.78. The van der Waals surface area contributed by atoms with Gasteiger partial charge in [-0.3, -0.25) is 9.69 Å². The molecule has 1 amide bonds. The summed E-state index contributed by atoms with van der Waals surface area (Å²) in [7, 11) is 0. The molecule has 1 aliphatic rings. The maximum Gasteiger partial charge on any atom is 0.408 e. The second kappa shape index (κ2) is 7.22. The number of ketones is 1. The summed E-state index contributed by atoms with van der Waals surface area (Å²) in [5.41, 5.74) is 0.920. The molecule has 5 heteroatoms. The second-order valence-electron chi connectivity index (χ2n) is 5.60. The van der Waals surface area contributed by atoms with Crippen LogP contribution in [0, 0.1) is 5.92 Å². The van der Waals surface area contributed by atoms with Gasteiger partial charge in [-0.2, -0.15) is 0 Å². The predicted molar refractivity (Wildman–Crippen MR) is 79.6 cm³/mol. The number of rotatable bonds is 5. The number of hydrogen-bond acceptors (Lipinski definition) is 4. The van der Waals surface area contributed by atoms with Crippen molar-refractivity contribution in [3.05, 3.63) is 41.8 Å². The van der Waals surface area contributed by atoms with Gasteiger partial charge in [0.2, 0.25) is 0 Å². The highest BCUT2D eigenvalue weighted by Gasteiger charge is 2.32. The molecule has 0 spiro atoms. The Balaban J connectivity index is 1.76. The lowest BCUT2D eigenvalue weighted by atomic mass is 10.2. The monoisotopic (exact) mass is 289 g/mol. The lowest BCUT2D eigenvalue weighted by Crippen LogP contribution is -2.41. The smallest absolute Gasteiger partial charge is 0.408 e. The lowest BCUT2D eigenvalue weighted by Gasteiger charge is -2.17. The van der Waals surface area contributed by atoms with Gasteiger partial charge in [0.05, 0.1) is 6.54 Å². The van der Waals surface area contributed by atoms with Crippen molar-refractivity contribution in [3.63, 3.8) is 0 Å². The van der Waals surface area contributed by atoms with Gasteiger partial charge >= 0.3 is 6.09 Å². The molecule has 0 unspecified atom stereocenters. The van der Waals surface area contributed by atoms with Crippen molar-refractivity contribution in [1.82, 2.24) is 10.2 Å². The highest BCUT2D eigenvalue weighted by atomic mass is 16.5. The van der Waals surface area contributed by atoms with Gasteiger partial charge in [-0.15, -0.1) is 0 Å².